The third-order valence-electron chi connectivity index (χ3n) is 4.00. The first-order chi connectivity index (χ1) is 14.1. The second kappa shape index (κ2) is 14.1. The normalized spacial score (nSPS) is 14.0. The Labute approximate surface area is 180 Å². The van der Waals surface area contributed by atoms with Crippen molar-refractivity contribution < 1.29 is 0 Å². The van der Waals surface area contributed by atoms with Gasteiger partial charge in [0.2, 0.25) is 0 Å². The molecule has 0 saturated carbocycles. The van der Waals surface area contributed by atoms with Crippen LogP contribution in [0.15, 0.2) is 98.2 Å². The molecule has 1 aromatic rings. The minimum Gasteiger partial charge on any atom is -0.344 e. The number of allylic oxidation sites excluding steroid dienone is 10. The summed E-state index contributed by atoms with van der Waals surface area (Å²) < 4.78 is 1.16. The van der Waals surface area contributed by atoms with Crippen LogP contribution in [0.25, 0.3) is 12.2 Å². The van der Waals surface area contributed by atoms with Gasteiger partial charge in [0.15, 0.2) is 5.13 Å². The molecule has 0 fully saturated rings. The number of aromatic nitrogens is 1. The summed E-state index contributed by atoms with van der Waals surface area (Å²) in [6.07, 6.45) is 24.2. The number of nitrogens with zero attached hydrogens (tertiary/aromatic N) is 2. The molecule has 3 heteroatoms. The SMILES string of the molecule is C=C/C=C\C=C(/C)CN(CCC(/C=C\C=C)=C/C=C)c1nc(=C/C=C)/c(=C\C)s1. The van der Waals surface area contributed by atoms with E-state index in [4.69, 9.17) is 4.98 Å². The fourth-order valence-corrected chi connectivity index (χ4v) is 3.59. The van der Waals surface area contributed by atoms with E-state index in [0.29, 0.717) is 0 Å². The van der Waals surface area contributed by atoms with Crippen molar-refractivity contribution in [2.24, 2.45) is 0 Å². The first-order valence-corrected chi connectivity index (χ1v) is 10.5. The fraction of sp³-hybridized carbons (Fsp3) is 0.192. The second-order valence-corrected chi connectivity index (χ2v) is 7.32. The van der Waals surface area contributed by atoms with Crippen molar-refractivity contribution in [1.82, 2.24) is 4.98 Å². The van der Waals surface area contributed by atoms with Gasteiger partial charge in [-0.15, -0.1) is 0 Å². The van der Waals surface area contributed by atoms with Gasteiger partial charge < -0.3 is 4.90 Å². The zero-order valence-electron chi connectivity index (χ0n) is 17.7. The molecule has 0 aromatic carbocycles. The molecule has 0 radical (unpaired) electrons. The Bertz CT molecular complexity index is 936. The fourth-order valence-electron chi connectivity index (χ4n) is 2.63. The molecule has 0 saturated heterocycles. The predicted octanol–water partition coefficient (Wildman–Crippen LogP) is 5.65. The van der Waals surface area contributed by atoms with Crippen LogP contribution in [0.2, 0.25) is 0 Å². The Kier molecular flexibility index (Phi) is 11.8. The lowest BCUT2D eigenvalue weighted by Gasteiger charge is -2.22. The Morgan fingerprint density at radius 2 is 1.76 bits per heavy atom. The van der Waals surface area contributed by atoms with Gasteiger partial charge in [0.25, 0.3) is 0 Å². The molecule has 2 nitrogen and oxygen atoms in total. The summed E-state index contributed by atoms with van der Waals surface area (Å²) in [4.78, 5) is 7.18. The summed E-state index contributed by atoms with van der Waals surface area (Å²) in [6.45, 7) is 20.9. The first kappa shape index (κ1) is 24.1. The van der Waals surface area contributed by atoms with Crippen molar-refractivity contribution in [3.8, 4) is 0 Å². The molecule has 29 heavy (non-hydrogen) atoms. The Morgan fingerprint density at radius 3 is 2.38 bits per heavy atom. The average molecular weight is 405 g/mol. The van der Waals surface area contributed by atoms with Gasteiger partial charge in [-0.2, -0.15) is 0 Å². The van der Waals surface area contributed by atoms with Crippen molar-refractivity contribution in [2.45, 2.75) is 20.3 Å². The van der Waals surface area contributed by atoms with Gasteiger partial charge in [0.05, 0.1) is 9.88 Å². The van der Waals surface area contributed by atoms with Crippen molar-refractivity contribution >= 4 is 28.6 Å². The maximum Gasteiger partial charge on any atom is 0.186 e. The summed E-state index contributed by atoms with van der Waals surface area (Å²) in [5.74, 6) is 0. The van der Waals surface area contributed by atoms with Gasteiger partial charge in [-0.1, -0.05) is 110 Å². The molecule has 0 amide bonds. The third kappa shape index (κ3) is 8.75. The molecule has 0 unspecified atom stereocenters. The van der Waals surface area contributed by atoms with E-state index in [1.54, 1.807) is 29.6 Å². The van der Waals surface area contributed by atoms with Gasteiger partial charge in [-0.25, -0.2) is 4.98 Å². The largest absolute Gasteiger partial charge is 0.344 e. The van der Waals surface area contributed by atoms with Crippen LogP contribution in [0, 0.1) is 0 Å². The van der Waals surface area contributed by atoms with E-state index in [1.165, 1.54) is 11.1 Å². The molecule has 0 atom stereocenters. The van der Waals surface area contributed by atoms with Gasteiger partial charge in [-0.05, 0) is 31.9 Å². The van der Waals surface area contributed by atoms with Crippen LogP contribution >= 0.6 is 11.3 Å². The van der Waals surface area contributed by atoms with E-state index >= 15 is 0 Å². The van der Waals surface area contributed by atoms with Crippen LogP contribution < -0.4 is 14.8 Å². The standard InChI is InChI=1S/C26H32N2S/c1-7-12-14-17-22(6)21-28(20-19-23(15-9-3)18-13-8-2)26-27-24(16-10-4)25(11-5)29-26/h7-18H,1-4,19-21H2,5-6H3/b14-12-,18-13-,22-17+,23-15+,24-16+,25-11+. The van der Waals surface area contributed by atoms with Crippen LogP contribution in [0.1, 0.15) is 20.3 Å². The van der Waals surface area contributed by atoms with Gasteiger partial charge in [-0.3, -0.25) is 0 Å². The van der Waals surface area contributed by atoms with Crippen LogP contribution in [-0.2, 0) is 0 Å². The average Bonchev–Trinajstić information content (AvgIpc) is 3.12. The molecule has 0 bridgehead atoms. The molecule has 0 aliphatic heterocycles. The summed E-state index contributed by atoms with van der Waals surface area (Å²) in [5.41, 5.74) is 2.46. The predicted molar refractivity (Wildman–Crippen MR) is 134 cm³/mol. The molecule has 1 rings (SSSR count). The highest BCUT2D eigenvalue weighted by Gasteiger charge is 2.12. The summed E-state index contributed by atoms with van der Waals surface area (Å²) in [6, 6.07) is 0. The highest BCUT2D eigenvalue weighted by Crippen LogP contribution is 2.17. The van der Waals surface area contributed by atoms with Gasteiger partial charge >= 0.3 is 0 Å². The second-order valence-electron chi connectivity index (χ2n) is 6.31. The lowest BCUT2D eigenvalue weighted by molar-refractivity contribution is 0.814. The minimum absolute atomic E-state index is 0.804. The zero-order valence-corrected chi connectivity index (χ0v) is 18.5. The molecule has 152 valence electrons. The molecule has 1 heterocycles. The van der Waals surface area contributed by atoms with E-state index in [-0.39, 0.29) is 0 Å². The van der Waals surface area contributed by atoms with E-state index < -0.39 is 0 Å². The number of hydrogen-bond acceptors (Lipinski definition) is 3. The van der Waals surface area contributed by atoms with Crippen molar-refractivity contribution in [3.05, 3.63) is 108 Å². The monoisotopic (exact) mass is 404 g/mol. The number of hydrogen-bond donors (Lipinski definition) is 0. The minimum atomic E-state index is 0.804. The molecular weight excluding hydrogens is 372 g/mol. The van der Waals surface area contributed by atoms with Crippen LogP contribution in [0.4, 0.5) is 5.13 Å². The highest BCUT2D eigenvalue weighted by molar-refractivity contribution is 7.13. The number of anilines is 1. The van der Waals surface area contributed by atoms with Crippen LogP contribution in [0.3, 0.4) is 0 Å². The number of rotatable bonds is 12. The van der Waals surface area contributed by atoms with E-state index in [1.807, 2.05) is 43.4 Å². The highest BCUT2D eigenvalue weighted by atomic mass is 32.1. The van der Waals surface area contributed by atoms with E-state index in [0.717, 1.165) is 34.5 Å². The summed E-state index contributed by atoms with van der Waals surface area (Å²) in [7, 11) is 0. The van der Waals surface area contributed by atoms with Crippen molar-refractivity contribution in [2.75, 3.05) is 18.0 Å². The topological polar surface area (TPSA) is 16.1 Å². The molecule has 0 aliphatic rings. The smallest absolute Gasteiger partial charge is 0.186 e. The Hall–Kier alpha value is -2.91. The summed E-state index contributed by atoms with van der Waals surface area (Å²) in [5, 5.41) is 1.98. The maximum absolute atomic E-state index is 4.86. The molecule has 0 aliphatic carbocycles. The van der Waals surface area contributed by atoms with Gasteiger partial charge in [0.1, 0.15) is 0 Å². The Morgan fingerprint density at radius 1 is 1.00 bits per heavy atom. The third-order valence-corrected chi connectivity index (χ3v) is 5.19. The maximum atomic E-state index is 4.86. The quantitative estimate of drug-likeness (QED) is 0.419. The molecular formula is C26H32N2S. The molecule has 1 aromatic heterocycles. The van der Waals surface area contributed by atoms with Crippen molar-refractivity contribution in [3.63, 3.8) is 0 Å². The zero-order chi connectivity index (χ0) is 21.5. The first-order valence-electron chi connectivity index (χ1n) is 9.66. The van der Waals surface area contributed by atoms with E-state index in [9.17, 15) is 0 Å². The Balaban J connectivity index is 3.23. The van der Waals surface area contributed by atoms with Crippen LogP contribution in [-0.4, -0.2) is 18.1 Å². The van der Waals surface area contributed by atoms with Crippen LogP contribution in [0.5, 0.6) is 0 Å². The molecule has 0 N–H and O–H groups in total. The van der Waals surface area contributed by atoms with E-state index in [2.05, 4.69) is 56.4 Å². The van der Waals surface area contributed by atoms with Gasteiger partial charge in [0, 0.05) is 13.1 Å². The summed E-state index contributed by atoms with van der Waals surface area (Å²) >= 11 is 1.71. The molecule has 0 spiro atoms. The lowest BCUT2D eigenvalue weighted by atomic mass is 10.1. The van der Waals surface area contributed by atoms with Crippen molar-refractivity contribution in [1.29, 1.82) is 0 Å². The number of thiazole rings is 1. The lowest BCUT2D eigenvalue weighted by Crippen LogP contribution is -2.27.